The fourth-order valence-electron chi connectivity index (χ4n) is 4.79. The highest BCUT2D eigenvalue weighted by molar-refractivity contribution is 7.09. The summed E-state index contributed by atoms with van der Waals surface area (Å²) in [6.45, 7) is 15.4. The zero-order valence-electron chi connectivity index (χ0n) is 23.3. The second-order valence-corrected chi connectivity index (χ2v) is 11.9. The highest BCUT2D eigenvalue weighted by atomic mass is 32.1. The number of piperidine rings is 1. The van der Waals surface area contributed by atoms with Crippen LogP contribution in [-0.4, -0.2) is 65.3 Å². The van der Waals surface area contributed by atoms with Gasteiger partial charge in [-0.1, -0.05) is 46.3 Å². The molecule has 2 rings (SSSR count). The van der Waals surface area contributed by atoms with Crippen molar-refractivity contribution in [2.24, 2.45) is 11.8 Å². The highest BCUT2D eigenvalue weighted by Gasteiger charge is 2.36. The molecule has 7 nitrogen and oxygen atoms in total. The van der Waals surface area contributed by atoms with E-state index in [0.717, 1.165) is 30.7 Å². The Balaban J connectivity index is 2.13. The lowest BCUT2D eigenvalue weighted by Crippen LogP contribution is -2.58. The largest absolute Gasteiger partial charge is 0.347 e. The SMILES string of the molecule is CC(=C[C@H](C(C)C)N(C)C(=O)[C@@H](NC(=O)[C@H]1CCCCN1C(C)C)C(C)C)C(=O)NCc1cccs1. The van der Waals surface area contributed by atoms with Crippen LogP contribution in [0.25, 0.3) is 0 Å². The second kappa shape index (κ2) is 13.9. The van der Waals surface area contributed by atoms with E-state index < -0.39 is 6.04 Å². The van der Waals surface area contributed by atoms with Crippen molar-refractivity contribution in [2.75, 3.05) is 13.6 Å². The number of nitrogens with one attached hydrogen (secondary N) is 2. The molecule has 2 N–H and O–H groups in total. The van der Waals surface area contributed by atoms with Crippen LogP contribution in [0.1, 0.15) is 72.6 Å². The van der Waals surface area contributed by atoms with Crippen LogP contribution in [0.4, 0.5) is 0 Å². The van der Waals surface area contributed by atoms with Gasteiger partial charge in [0.2, 0.25) is 17.7 Å². The lowest BCUT2D eigenvalue weighted by Gasteiger charge is -2.39. The van der Waals surface area contributed by atoms with E-state index in [9.17, 15) is 14.4 Å². The van der Waals surface area contributed by atoms with Gasteiger partial charge < -0.3 is 15.5 Å². The first-order chi connectivity index (χ1) is 16.9. The number of likely N-dealkylation sites (N-methyl/N-ethyl adjacent to an activating group) is 1. The van der Waals surface area contributed by atoms with Crippen LogP contribution < -0.4 is 10.6 Å². The summed E-state index contributed by atoms with van der Waals surface area (Å²) in [6, 6.07) is 3.13. The third-order valence-electron chi connectivity index (χ3n) is 7.00. The molecule has 0 unspecified atom stereocenters. The molecule has 1 aromatic rings. The van der Waals surface area contributed by atoms with E-state index in [0.29, 0.717) is 12.1 Å². The van der Waals surface area contributed by atoms with E-state index >= 15 is 0 Å². The van der Waals surface area contributed by atoms with E-state index in [-0.39, 0.29) is 47.7 Å². The van der Waals surface area contributed by atoms with Crippen molar-refractivity contribution in [3.63, 3.8) is 0 Å². The number of hydrogen-bond donors (Lipinski definition) is 2. The standard InChI is InChI=1S/C28H46N4O3S/c1-18(2)24(16-21(7)26(33)29-17-22-12-11-15-36-22)31(8)28(35)25(19(3)4)30-27(34)23-13-9-10-14-32(23)20(5)6/h11-12,15-16,18-20,23-25H,9-10,13-14,17H2,1-8H3,(H,29,33)(H,30,34)/t23-,24-,25+/m1/s1. The van der Waals surface area contributed by atoms with Gasteiger partial charge in [-0.3, -0.25) is 19.3 Å². The molecule has 3 amide bonds. The number of nitrogens with zero attached hydrogens (tertiary/aromatic N) is 2. The average Bonchev–Trinajstić information content (AvgIpc) is 3.36. The van der Waals surface area contributed by atoms with Gasteiger partial charge in [0.15, 0.2) is 0 Å². The number of amides is 3. The Labute approximate surface area is 221 Å². The molecule has 0 spiro atoms. The van der Waals surface area contributed by atoms with E-state index in [1.54, 1.807) is 30.2 Å². The van der Waals surface area contributed by atoms with Gasteiger partial charge in [-0.2, -0.15) is 0 Å². The fraction of sp³-hybridized carbons (Fsp3) is 0.679. The van der Waals surface area contributed by atoms with Crippen LogP contribution in [0.15, 0.2) is 29.2 Å². The molecule has 1 aromatic heterocycles. The first-order valence-electron chi connectivity index (χ1n) is 13.3. The molecule has 0 saturated carbocycles. The predicted octanol–water partition coefficient (Wildman–Crippen LogP) is 4.20. The third kappa shape index (κ3) is 8.17. The number of carbonyl (C=O) groups excluding carboxylic acids is 3. The first-order valence-corrected chi connectivity index (χ1v) is 14.1. The topological polar surface area (TPSA) is 81.8 Å². The minimum absolute atomic E-state index is 0.0630. The summed E-state index contributed by atoms with van der Waals surface area (Å²) in [4.78, 5) is 44.7. The fourth-order valence-corrected chi connectivity index (χ4v) is 5.43. The Bertz CT molecular complexity index is 895. The van der Waals surface area contributed by atoms with E-state index in [1.165, 1.54) is 0 Å². The summed E-state index contributed by atoms with van der Waals surface area (Å²) in [5.41, 5.74) is 0.574. The Kier molecular flexibility index (Phi) is 11.6. The molecule has 8 heteroatoms. The predicted molar refractivity (Wildman–Crippen MR) is 148 cm³/mol. The zero-order valence-corrected chi connectivity index (χ0v) is 24.2. The number of hydrogen-bond acceptors (Lipinski definition) is 5. The highest BCUT2D eigenvalue weighted by Crippen LogP contribution is 2.21. The summed E-state index contributed by atoms with van der Waals surface area (Å²) in [6.07, 6.45) is 4.80. The van der Waals surface area contributed by atoms with Crippen LogP contribution in [0.3, 0.4) is 0 Å². The van der Waals surface area contributed by atoms with Crippen molar-refractivity contribution in [2.45, 2.75) is 98.4 Å². The molecular formula is C28H46N4O3S. The van der Waals surface area contributed by atoms with Gasteiger partial charge in [0.05, 0.1) is 18.6 Å². The van der Waals surface area contributed by atoms with Crippen molar-refractivity contribution in [3.05, 3.63) is 34.0 Å². The lowest BCUT2D eigenvalue weighted by atomic mass is 9.95. The van der Waals surface area contributed by atoms with E-state index in [2.05, 4.69) is 29.4 Å². The van der Waals surface area contributed by atoms with Crippen molar-refractivity contribution < 1.29 is 14.4 Å². The maximum atomic E-state index is 13.7. The Hall–Kier alpha value is -2.19. The molecule has 0 aliphatic carbocycles. The van der Waals surface area contributed by atoms with Gasteiger partial charge >= 0.3 is 0 Å². The van der Waals surface area contributed by atoms with Crippen LogP contribution in [-0.2, 0) is 20.9 Å². The number of likely N-dealkylation sites (tertiary alicyclic amines) is 1. The van der Waals surface area contributed by atoms with Crippen LogP contribution in [0.2, 0.25) is 0 Å². The van der Waals surface area contributed by atoms with Gasteiger partial charge in [-0.25, -0.2) is 0 Å². The van der Waals surface area contributed by atoms with Gasteiger partial charge in [0, 0.05) is 23.5 Å². The van der Waals surface area contributed by atoms with Crippen molar-refractivity contribution >= 4 is 29.1 Å². The molecular weight excluding hydrogens is 472 g/mol. The van der Waals surface area contributed by atoms with Gasteiger partial charge in [-0.05, 0) is 63.4 Å². The van der Waals surface area contributed by atoms with Gasteiger partial charge in [-0.15, -0.1) is 11.3 Å². The molecule has 1 saturated heterocycles. The molecule has 0 aromatic carbocycles. The van der Waals surface area contributed by atoms with Crippen molar-refractivity contribution in [3.8, 4) is 0 Å². The molecule has 1 aliphatic rings. The lowest BCUT2D eigenvalue weighted by molar-refractivity contribution is -0.140. The second-order valence-electron chi connectivity index (χ2n) is 10.9. The average molecular weight is 519 g/mol. The Morgan fingerprint density at radius 1 is 1.14 bits per heavy atom. The summed E-state index contributed by atoms with van der Waals surface area (Å²) < 4.78 is 0. The molecule has 1 aliphatic heterocycles. The normalized spacial score (nSPS) is 18.9. The Morgan fingerprint density at radius 2 is 1.83 bits per heavy atom. The molecule has 2 heterocycles. The molecule has 0 bridgehead atoms. The minimum atomic E-state index is -0.624. The maximum absolute atomic E-state index is 13.7. The van der Waals surface area contributed by atoms with Crippen LogP contribution in [0.5, 0.6) is 0 Å². The zero-order chi connectivity index (χ0) is 27.0. The smallest absolute Gasteiger partial charge is 0.246 e. The third-order valence-corrected chi connectivity index (χ3v) is 7.88. The first kappa shape index (κ1) is 30.0. The molecule has 0 radical (unpaired) electrons. The van der Waals surface area contributed by atoms with Crippen LogP contribution in [0, 0.1) is 11.8 Å². The quantitative estimate of drug-likeness (QED) is 0.430. The number of thiophene rings is 1. The number of rotatable bonds is 11. The monoisotopic (exact) mass is 518 g/mol. The van der Waals surface area contributed by atoms with Crippen molar-refractivity contribution in [1.29, 1.82) is 0 Å². The van der Waals surface area contributed by atoms with Crippen molar-refractivity contribution in [1.82, 2.24) is 20.4 Å². The molecule has 202 valence electrons. The van der Waals surface area contributed by atoms with Gasteiger partial charge in [0.25, 0.3) is 0 Å². The summed E-state index contributed by atoms with van der Waals surface area (Å²) in [5, 5.41) is 8.02. The molecule has 1 fully saturated rings. The number of carbonyl (C=O) groups is 3. The maximum Gasteiger partial charge on any atom is 0.246 e. The molecule has 3 atom stereocenters. The summed E-state index contributed by atoms with van der Waals surface area (Å²) >= 11 is 1.60. The summed E-state index contributed by atoms with van der Waals surface area (Å²) in [5.74, 6) is -0.310. The van der Waals surface area contributed by atoms with E-state index in [1.807, 2.05) is 51.3 Å². The Morgan fingerprint density at radius 3 is 2.39 bits per heavy atom. The minimum Gasteiger partial charge on any atom is -0.347 e. The van der Waals surface area contributed by atoms with Crippen LogP contribution >= 0.6 is 11.3 Å². The van der Waals surface area contributed by atoms with E-state index in [4.69, 9.17) is 0 Å². The van der Waals surface area contributed by atoms with Gasteiger partial charge in [0.1, 0.15) is 6.04 Å². The molecule has 36 heavy (non-hydrogen) atoms. The summed E-state index contributed by atoms with van der Waals surface area (Å²) in [7, 11) is 1.77.